The molecule has 0 radical (unpaired) electrons. The Kier molecular flexibility index (Phi) is 6.84. The van der Waals surface area contributed by atoms with Crippen LogP contribution in [0, 0.1) is 11.8 Å². The molecule has 2 atom stereocenters. The molecule has 0 rings (SSSR count). The summed E-state index contributed by atoms with van der Waals surface area (Å²) in [6.07, 6.45) is -10.5. The van der Waals surface area contributed by atoms with Crippen LogP contribution in [0.3, 0.4) is 0 Å². The molecule has 122 valence electrons. The van der Waals surface area contributed by atoms with E-state index in [1.54, 1.807) is 0 Å². The summed E-state index contributed by atoms with van der Waals surface area (Å²) in [6, 6.07) is 0. The van der Waals surface area contributed by atoms with Crippen molar-refractivity contribution < 1.29 is 31.4 Å². The quantitative estimate of drug-likeness (QED) is 0.650. The molecular formula is C13H22F6O. The second-order valence-electron chi connectivity index (χ2n) is 5.31. The molecule has 0 aliphatic rings. The summed E-state index contributed by atoms with van der Waals surface area (Å²) in [5, 5.41) is 9.32. The highest BCUT2D eigenvalue weighted by Crippen LogP contribution is 2.50. The first kappa shape index (κ1) is 19.5. The standard InChI is InChI=1S/C13H22F6O/c1-4-9(3)7-6-8-10(5-2)11(20,12(14,15)16)13(17,18)19/h9-10,20H,4-8H2,1-3H3. The summed E-state index contributed by atoms with van der Waals surface area (Å²) in [7, 11) is 0. The normalized spacial score (nSPS) is 17.1. The molecule has 0 amide bonds. The average molecular weight is 308 g/mol. The zero-order valence-electron chi connectivity index (χ0n) is 11.9. The van der Waals surface area contributed by atoms with Crippen molar-refractivity contribution in [3.8, 4) is 0 Å². The summed E-state index contributed by atoms with van der Waals surface area (Å²) in [4.78, 5) is 0. The number of hydrogen-bond acceptors (Lipinski definition) is 1. The van der Waals surface area contributed by atoms with Crippen LogP contribution in [-0.4, -0.2) is 23.1 Å². The highest BCUT2D eigenvalue weighted by molar-refractivity contribution is 4.98. The van der Waals surface area contributed by atoms with Gasteiger partial charge in [0.15, 0.2) is 0 Å². The van der Waals surface area contributed by atoms with Gasteiger partial charge in [-0.3, -0.25) is 0 Å². The molecule has 0 heterocycles. The Bertz CT molecular complexity index is 270. The lowest BCUT2D eigenvalue weighted by Gasteiger charge is -2.38. The van der Waals surface area contributed by atoms with Gasteiger partial charge in [-0.1, -0.05) is 40.0 Å². The van der Waals surface area contributed by atoms with Crippen LogP contribution in [0.25, 0.3) is 0 Å². The van der Waals surface area contributed by atoms with Gasteiger partial charge in [-0.15, -0.1) is 0 Å². The van der Waals surface area contributed by atoms with Crippen LogP contribution in [0.4, 0.5) is 26.3 Å². The van der Waals surface area contributed by atoms with Crippen LogP contribution in [0.15, 0.2) is 0 Å². The second kappa shape index (κ2) is 7.00. The summed E-state index contributed by atoms with van der Waals surface area (Å²) in [5.41, 5.74) is -4.62. The predicted molar refractivity (Wildman–Crippen MR) is 64.1 cm³/mol. The van der Waals surface area contributed by atoms with E-state index in [9.17, 15) is 31.4 Å². The molecule has 2 unspecified atom stereocenters. The maximum Gasteiger partial charge on any atom is 0.426 e. The van der Waals surface area contributed by atoms with Gasteiger partial charge in [-0.25, -0.2) is 0 Å². The zero-order valence-corrected chi connectivity index (χ0v) is 11.9. The molecule has 0 saturated carbocycles. The topological polar surface area (TPSA) is 20.2 Å². The minimum Gasteiger partial charge on any atom is -0.373 e. The first-order valence-electron chi connectivity index (χ1n) is 6.77. The SMILES string of the molecule is CCC(C)CCCC(CC)C(O)(C(F)(F)F)C(F)(F)F. The van der Waals surface area contributed by atoms with Crippen molar-refractivity contribution in [1.82, 2.24) is 0 Å². The number of alkyl halides is 6. The van der Waals surface area contributed by atoms with Crippen LogP contribution in [0.5, 0.6) is 0 Å². The molecule has 0 aliphatic carbocycles. The van der Waals surface area contributed by atoms with Crippen molar-refractivity contribution in [2.24, 2.45) is 11.8 Å². The second-order valence-corrected chi connectivity index (χ2v) is 5.31. The van der Waals surface area contributed by atoms with Crippen molar-refractivity contribution in [3.05, 3.63) is 0 Å². The van der Waals surface area contributed by atoms with Gasteiger partial charge in [-0.05, 0) is 18.8 Å². The van der Waals surface area contributed by atoms with Crippen molar-refractivity contribution in [1.29, 1.82) is 0 Å². The maximum absolute atomic E-state index is 12.7. The maximum atomic E-state index is 12.7. The van der Waals surface area contributed by atoms with Crippen LogP contribution in [0.2, 0.25) is 0 Å². The highest BCUT2D eigenvalue weighted by atomic mass is 19.4. The van der Waals surface area contributed by atoms with E-state index in [1.807, 2.05) is 13.8 Å². The predicted octanol–water partition coefficient (Wildman–Crippen LogP) is 5.08. The molecular weight excluding hydrogens is 286 g/mol. The average Bonchev–Trinajstić information content (AvgIpc) is 2.30. The molecule has 0 aromatic heterocycles. The number of aliphatic hydroxyl groups is 1. The Balaban J connectivity index is 5.05. The molecule has 20 heavy (non-hydrogen) atoms. The minimum absolute atomic E-state index is 0.238. The van der Waals surface area contributed by atoms with Gasteiger partial charge in [0.05, 0.1) is 0 Å². The molecule has 0 aromatic rings. The molecule has 0 saturated heterocycles. The number of rotatable bonds is 7. The Morgan fingerprint density at radius 3 is 1.60 bits per heavy atom. The lowest BCUT2D eigenvalue weighted by molar-refractivity contribution is -0.385. The van der Waals surface area contributed by atoms with Crippen molar-refractivity contribution in [3.63, 3.8) is 0 Å². The fourth-order valence-corrected chi connectivity index (χ4v) is 2.25. The van der Waals surface area contributed by atoms with Gasteiger partial charge in [0, 0.05) is 5.92 Å². The van der Waals surface area contributed by atoms with E-state index in [-0.39, 0.29) is 25.2 Å². The van der Waals surface area contributed by atoms with Crippen LogP contribution in [-0.2, 0) is 0 Å². The monoisotopic (exact) mass is 308 g/mol. The molecule has 0 fully saturated rings. The van der Waals surface area contributed by atoms with E-state index in [2.05, 4.69) is 0 Å². The third-order valence-electron chi connectivity index (χ3n) is 3.89. The van der Waals surface area contributed by atoms with Crippen LogP contribution < -0.4 is 0 Å². The van der Waals surface area contributed by atoms with E-state index >= 15 is 0 Å². The Morgan fingerprint density at radius 2 is 1.30 bits per heavy atom. The molecule has 0 bridgehead atoms. The van der Waals surface area contributed by atoms with Gasteiger partial charge < -0.3 is 5.11 Å². The van der Waals surface area contributed by atoms with Crippen molar-refractivity contribution in [2.75, 3.05) is 0 Å². The van der Waals surface area contributed by atoms with Gasteiger partial charge in [0.25, 0.3) is 5.60 Å². The lowest BCUT2D eigenvalue weighted by Crippen LogP contribution is -2.61. The minimum atomic E-state index is -5.72. The molecule has 7 heteroatoms. The summed E-state index contributed by atoms with van der Waals surface area (Å²) >= 11 is 0. The van der Waals surface area contributed by atoms with E-state index in [1.165, 1.54) is 6.92 Å². The van der Waals surface area contributed by atoms with Gasteiger partial charge in [0.2, 0.25) is 0 Å². The van der Waals surface area contributed by atoms with Crippen molar-refractivity contribution >= 4 is 0 Å². The number of hydrogen-bond donors (Lipinski definition) is 1. The summed E-state index contributed by atoms with van der Waals surface area (Å²) in [5.74, 6) is -1.62. The fourth-order valence-electron chi connectivity index (χ4n) is 2.25. The largest absolute Gasteiger partial charge is 0.426 e. The first-order valence-corrected chi connectivity index (χ1v) is 6.77. The van der Waals surface area contributed by atoms with Gasteiger partial charge >= 0.3 is 12.4 Å². The molecule has 1 N–H and O–H groups in total. The summed E-state index contributed by atoms with van der Waals surface area (Å²) in [6.45, 7) is 5.03. The third-order valence-corrected chi connectivity index (χ3v) is 3.89. The van der Waals surface area contributed by atoms with E-state index in [4.69, 9.17) is 0 Å². The lowest BCUT2D eigenvalue weighted by atomic mass is 9.80. The van der Waals surface area contributed by atoms with E-state index in [0.29, 0.717) is 6.42 Å². The van der Waals surface area contributed by atoms with E-state index in [0.717, 1.165) is 6.42 Å². The Morgan fingerprint density at radius 1 is 0.850 bits per heavy atom. The van der Waals surface area contributed by atoms with Crippen LogP contribution >= 0.6 is 0 Å². The van der Waals surface area contributed by atoms with Crippen molar-refractivity contribution in [2.45, 2.75) is 70.8 Å². The van der Waals surface area contributed by atoms with Gasteiger partial charge in [-0.2, -0.15) is 26.3 Å². The fraction of sp³-hybridized carbons (Fsp3) is 1.00. The Hall–Kier alpha value is -0.460. The first-order chi connectivity index (χ1) is 8.91. The molecule has 0 spiro atoms. The van der Waals surface area contributed by atoms with E-state index < -0.39 is 23.9 Å². The molecule has 1 nitrogen and oxygen atoms in total. The number of halogens is 6. The highest BCUT2D eigenvalue weighted by Gasteiger charge is 2.72. The molecule has 0 aliphatic heterocycles. The third kappa shape index (κ3) is 4.27. The Labute approximate surface area is 115 Å². The van der Waals surface area contributed by atoms with Gasteiger partial charge in [0.1, 0.15) is 0 Å². The van der Waals surface area contributed by atoms with Crippen LogP contribution in [0.1, 0.15) is 52.9 Å². The smallest absolute Gasteiger partial charge is 0.373 e. The zero-order chi connectivity index (χ0) is 16.2. The molecule has 0 aromatic carbocycles. The summed E-state index contributed by atoms with van der Waals surface area (Å²) < 4.78 is 76.3.